The summed E-state index contributed by atoms with van der Waals surface area (Å²) in [5.41, 5.74) is 4.36. The second-order valence-corrected chi connectivity index (χ2v) is 7.19. The molecule has 1 aromatic rings. The van der Waals surface area contributed by atoms with Crippen molar-refractivity contribution in [3.63, 3.8) is 0 Å². The second-order valence-electron chi connectivity index (χ2n) is 7.19. The molecule has 1 amide bonds. The van der Waals surface area contributed by atoms with Gasteiger partial charge >= 0.3 is 0 Å². The van der Waals surface area contributed by atoms with Crippen molar-refractivity contribution in [1.29, 1.82) is 0 Å². The molecule has 9 nitrogen and oxygen atoms in total. The fourth-order valence-corrected chi connectivity index (χ4v) is 3.18. The predicted molar refractivity (Wildman–Crippen MR) is 96.3 cm³/mol. The molecule has 9 heteroatoms. The first kappa shape index (κ1) is 22.0. The summed E-state index contributed by atoms with van der Waals surface area (Å²) < 4.78 is 1.72. The van der Waals surface area contributed by atoms with Crippen LogP contribution in [0.1, 0.15) is 58.1 Å². The number of likely N-dealkylation sites (tertiary alicyclic amines) is 1. The first-order valence-corrected chi connectivity index (χ1v) is 8.95. The number of primary amides is 1. The van der Waals surface area contributed by atoms with Gasteiger partial charge in [-0.2, -0.15) is 5.10 Å². The minimum Gasteiger partial charge on any atom is -0.483 e. The molecule has 1 saturated heterocycles. The van der Waals surface area contributed by atoms with Crippen LogP contribution in [0, 0.1) is 0 Å². The molecule has 2 rings (SSSR count). The van der Waals surface area contributed by atoms with Crippen molar-refractivity contribution < 1.29 is 19.8 Å². The van der Waals surface area contributed by atoms with Crippen LogP contribution < -0.4 is 5.73 Å². The lowest BCUT2D eigenvalue weighted by atomic mass is 10.00. The number of nitrogens with zero attached hydrogens (tertiary/aromatic N) is 4. The Morgan fingerprint density at radius 1 is 1.42 bits per heavy atom. The molecule has 0 radical (unpaired) electrons. The van der Waals surface area contributed by atoms with E-state index in [2.05, 4.69) is 21.9 Å². The average Bonchev–Trinajstić information content (AvgIpc) is 2.87. The van der Waals surface area contributed by atoms with E-state index in [9.17, 15) is 9.90 Å². The maximum atomic E-state index is 11.1. The van der Waals surface area contributed by atoms with Gasteiger partial charge in [0.05, 0.1) is 25.1 Å². The molecular formula is C17H31N5O4. The second kappa shape index (κ2) is 10.2. The molecule has 1 atom stereocenters. The predicted octanol–water partition coefficient (Wildman–Crippen LogP) is 0.542. The Morgan fingerprint density at radius 2 is 2.08 bits per heavy atom. The third kappa shape index (κ3) is 7.49. The summed E-state index contributed by atoms with van der Waals surface area (Å²) in [5.74, 6) is 0.784. The van der Waals surface area contributed by atoms with E-state index in [1.165, 1.54) is 19.3 Å². The molecule has 26 heavy (non-hydrogen) atoms. The zero-order valence-corrected chi connectivity index (χ0v) is 15.9. The number of hydrogen-bond acceptors (Lipinski definition) is 6. The highest BCUT2D eigenvalue weighted by Gasteiger charge is 2.25. The molecule has 4 N–H and O–H groups in total. The van der Waals surface area contributed by atoms with Crippen molar-refractivity contribution >= 4 is 12.4 Å². The third-order valence-corrected chi connectivity index (χ3v) is 4.23. The SMILES string of the molecule is CCC1CCCCN1Cc1nc(CC(N)=O)nn1CC(C)(C)O.O=CO. The molecule has 1 aliphatic rings. The maximum absolute atomic E-state index is 11.1. The summed E-state index contributed by atoms with van der Waals surface area (Å²) in [6.45, 7) is 7.53. The Labute approximate surface area is 154 Å². The summed E-state index contributed by atoms with van der Waals surface area (Å²) in [6, 6.07) is 0.565. The van der Waals surface area contributed by atoms with Crippen LogP contribution in [0.2, 0.25) is 0 Å². The molecule has 0 aromatic carbocycles. The Hall–Kier alpha value is -2.00. The number of piperidine rings is 1. The van der Waals surface area contributed by atoms with Crippen molar-refractivity contribution in [2.45, 2.75) is 77.6 Å². The Bertz CT molecular complexity index is 582. The lowest BCUT2D eigenvalue weighted by molar-refractivity contribution is -0.123. The first-order chi connectivity index (χ1) is 12.2. The quantitative estimate of drug-likeness (QED) is 0.597. The number of hydrogen-bond donors (Lipinski definition) is 3. The van der Waals surface area contributed by atoms with E-state index in [-0.39, 0.29) is 12.9 Å². The number of carbonyl (C=O) groups excluding carboxylic acids is 1. The summed E-state index contributed by atoms with van der Waals surface area (Å²) in [7, 11) is 0. The van der Waals surface area contributed by atoms with E-state index in [1.807, 2.05) is 0 Å². The highest BCUT2D eigenvalue weighted by atomic mass is 16.3. The van der Waals surface area contributed by atoms with Gasteiger partial charge in [0.25, 0.3) is 6.47 Å². The standard InChI is InChI=1S/C16H29N5O2.CH2O2/c1-4-12-7-5-6-8-20(12)10-15-18-14(9-13(17)22)19-21(15)11-16(2,3)23;2-1-3/h12,23H,4-11H2,1-3H3,(H2,17,22);1H,(H,2,3). The van der Waals surface area contributed by atoms with Gasteiger partial charge in [-0.3, -0.25) is 14.5 Å². The lowest BCUT2D eigenvalue weighted by Gasteiger charge is -2.34. The van der Waals surface area contributed by atoms with Crippen LogP contribution in [0.5, 0.6) is 0 Å². The van der Waals surface area contributed by atoms with Crippen molar-refractivity contribution in [2.75, 3.05) is 6.54 Å². The van der Waals surface area contributed by atoms with E-state index < -0.39 is 11.5 Å². The molecule has 148 valence electrons. The van der Waals surface area contributed by atoms with Gasteiger partial charge in [0.15, 0.2) is 5.82 Å². The van der Waals surface area contributed by atoms with Gasteiger partial charge in [-0.15, -0.1) is 0 Å². The van der Waals surface area contributed by atoms with E-state index in [4.69, 9.17) is 15.6 Å². The summed E-state index contributed by atoms with van der Waals surface area (Å²) in [4.78, 5) is 26.4. The highest BCUT2D eigenvalue weighted by Crippen LogP contribution is 2.21. The van der Waals surface area contributed by atoms with Crippen LogP contribution >= 0.6 is 0 Å². The number of rotatable bonds is 7. The third-order valence-electron chi connectivity index (χ3n) is 4.23. The van der Waals surface area contributed by atoms with Crippen molar-refractivity contribution in [2.24, 2.45) is 5.73 Å². The van der Waals surface area contributed by atoms with Gasteiger partial charge in [-0.25, -0.2) is 9.67 Å². The molecule has 0 aliphatic carbocycles. The highest BCUT2D eigenvalue weighted by molar-refractivity contribution is 5.75. The van der Waals surface area contributed by atoms with Crippen LogP contribution in [0.25, 0.3) is 0 Å². The molecular weight excluding hydrogens is 338 g/mol. The smallest absolute Gasteiger partial charge is 0.290 e. The van der Waals surface area contributed by atoms with Gasteiger partial charge in [0.2, 0.25) is 5.91 Å². The normalized spacial score (nSPS) is 18.1. The number of aliphatic hydroxyl groups is 1. The molecule has 1 aromatic heterocycles. The lowest BCUT2D eigenvalue weighted by Crippen LogP contribution is -2.39. The average molecular weight is 369 g/mol. The van der Waals surface area contributed by atoms with E-state index >= 15 is 0 Å². The number of aromatic nitrogens is 3. The molecule has 1 fully saturated rings. The summed E-state index contributed by atoms with van der Waals surface area (Å²) in [6.07, 6.45) is 4.84. The molecule has 1 aliphatic heterocycles. The number of carbonyl (C=O) groups is 2. The molecule has 1 unspecified atom stereocenters. The van der Waals surface area contributed by atoms with Crippen LogP contribution in [0.4, 0.5) is 0 Å². The molecule has 0 bridgehead atoms. The van der Waals surface area contributed by atoms with Crippen LogP contribution in [-0.4, -0.2) is 60.4 Å². The topological polar surface area (TPSA) is 135 Å². The van der Waals surface area contributed by atoms with Gasteiger partial charge in [-0.05, 0) is 39.7 Å². The van der Waals surface area contributed by atoms with Gasteiger partial charge in [-0.1, -0.05) is 13.3 Å². The molecule has 0 saturated carbocycles. The molecule has 2 heterocycles. The van der Waals surface area contributed by atoms with Crippen LogP contribution in [-0.2, 0) is 29.1 Å². The van der Waals surface area contributed by atoms with Crippen molar-refractivity contribution in [1.82, 2.24) is 19.7 Å². The number of amides is 1. The maximum Gasteiger partial charge on any atom is 0.290 e. The fourth-order valence-electron chi connectivity index (χ4n) is 3.18. The number of carboxylic acid groups (broad SMARTS) is 1. The number of nitrogens with two attached hydrogens (primary N) is 1. The van der Waals surface area contributed by atoms with E-state index in [1.54, 1.807) is 18.5 Å². The summed E-state index contributed by atoms with van der Waals surface area (Å²) >= 11 is 0. The Balaban J connectivity index is 0.00000105. The minimum atomic E-state index is -0.890. The van der Waals surface area contributed by atoms with Gasteiger partial charge in [0, 0.05) is 6.04 Å². The van der Waals surface area contributed by atoms with Crippen molar-refractivity contribution in [3.05, 3.63) is 11.6 Å². The first-order valence-electron chi connectivity index (χ1n) is 8.95. The van der Waals surface area contributed by atoms with Crippen molar-refractivity contribution in [3.8, 4) is 0 Å². The van der Waals surface area contributed by atoms with E-state index in [0.29, 0.717) is 25.0 Å². The van der Waals surface area contributed by atoms with E-state index in [0.717, 1.165) is 18.8 Å². The minimum absolute atomic E-state index is 0.0308. The van der Waals surface area contributed by atoms with Gasteiger partial charge < -0.3 is 15.9 Å². The zero-order valence-electron chi connectivity index (χ0n) is 15.9. The van der Waals surface area contributed by atoms with Gasteiger partial charge in [0.1, 0.15) is 5.82 Å². The summed E-state index contributed by atoms with van der Waals surface area (Å²) in [5, 5.41) is 21.4. The monoisotopic (exact) mass is 369 g/mol. The van der Waals surface area contributed by atoms with Crippen LogP contribution in [0.15, 0.2) is 0 Å². The van der Waals surface area contributed by atoms with Crippen LogP contribution in [0.3, 0.4) is 0 Å². The Morgan fingerprint density at radius 3 is 2.62 bits per heavy atom. The molecule has 0 spiro atoms. The fraction of sp³-hybridized carbons (Fsp3) is 0.765. The zero-order chi connectivity index (χ0) is 19.7. The Kier molecular flexibility index (Phi) is 8.67. The largest absolute Gasteiger partial charge is 0.483 e.